The van der Waals surface area contributed by atoms with Crippen molar-refractivity contribution in [3.05, 3.63) is 0 Å². The van der Waals surface area contributed by atoms with Crippen molar-refractivity contribution < 1.29 is 57.3 Å². The molecule has 0 fully saturated rings. The summed E-state index contributed by atoms with van der Waals surface area (Å²) in [6, 6.07) is 0. The first-order chi connectivity index (χ1) is 13.9. The average molecular weight is 565 g/mol. The fraction of sp³-hybridized carbons (Fsp3) is 1.00. The Bertz CT molecular complexity index is 339. The van der Waals surface area contributed by atoms with E-state index in [0.29, 0.717) is 11.8 Å². The Morgan fingerprint density at radius 1 is 0.724 bits per heavy atom. The first-order valence-electron chi connectivity index (χ1n) is 12.1. The van der Waals surface area contributed by atoms with E-state index in [1.807, 2.05) is 0 Å². The molecule has 0 aromatic heterocycles. The van der Waals surface area contributed by atoms with Crippen LogP contribution in [0.1, 0.15) is 118 Å². The van der Waals surface area contributed by atoms with E-state index in [0.717, 1.165) is 51.4 Å². The summed E-state index contributed by atoms with van der Waals surface area (Å²) in [6.07, 6.45) is 15.6. The topological polar surface area (TPSA) is 58.6 Å². The number of phosphoric ester groups is 1. The van der Waals surface area contributed by atoms with Crippen LogP contribution in [0.5, 0.6) is 0 Å². The molecule has 0 radical (unpaired) electrons. The molecule has 6 heteroatoms. The molecule has 0 aromatic rings. The van der Waals surface area contributed by atoms with Gasteiger partial charge in [-0.1, -0.05) is 66.2 Å². The third-order valence-electron chi connectivity index (χ3n) is 5.30. The van der Waals surface area contributed by atoms with Gasteiger partial charge in [-0.2, -0.15) is 0 Å². The molecule has 0 aliphatic rings. The van der Waals surface area contributed by atoms with Crippen LogP contribution in [0.25, 0.3) is 0 Å². The van der Waals surface area contributed by atoms with Crippen LogP contribution in [0.4, 0.5) is 0 Å². The molecular weight excluding hydrogens is 515 g/mol. The summed E-state index contributed by atoms with van der Waals surface area (Å²) >= 11 is 1.41. The average Bonchev–Trinajstić information content (AvgIpc) is 2.72. The maximum absolute atomic E-state index is 11.8. The molecule has 2 unspecified atom stereocenters. The van der Waals surface area contributed by atoms with Crippen molar-refractivity contribution in [1.29, 1.82) is 0 Å². The zero-order chi connectivity index (χ0) is 22.4. The van der Waals surface area contributed by atoms with Gasteiger partial charge in [-0.25, -0.2) is 0 Å². The van der Waals surface area contributed by atoms with Crippen LogP contribution >= 0.6 is 7.82 Å². The Kier molecular flexibility index (Phi) is 27.1. The van der Waals surface area contributed by atoms with Gasteiger partial charge in [0.05, 0.1) is 13.2 Å². The Morgan fingerprint density at radius 2 is 1.14 bits per heavy atom. The van der Waals surface area contributed by atoms with Crippen LogP contribution in [0.3, 0.4) is 0 Å². The summed E-state index contributed by atoms with van der Waals surface area (Å²) in [5.74, 6) is 0.607. The summed E-state index contributed by atoms with van der Waals surface area (Å²) in [4.78, 5) is 11.8. The van der Waals surface area contributed by atoms with E-state index in [4.69, 9.17) is 9.05 Å². The number of hydrogen-bond donors (Lipinski definition) is 0. The van der Waals surface area contributed by atoms with Crippen molar-refractivity contribution in [1.82, 2.24) is 0 Å². The molecule has 0 heterocycles. The van der Waals surface area contributed by atoms with E-state index in [2.05, 4.69) is 34.6 Å². The van der Waals surface area contributed by atoms with Crippen LogP contribution in [0, 0.1) is 50.6 Å². The van der Waals surface area contributed by atoms with Crippen LogP contribution in [-0.2, 0) is 13.6 Å². The third kappa shape index (κ3) is 23.9. The van der Waals surface area contributed by atoms with Gasteiger partial charge in [-0.15, -0.1) is 0 Å². The summed E-state index contributed by atoms with van der Waals surface area (Å²) < 4.78 is 23.4. The molecule has 0 rings (SSSR count). The van der Waals surface area contributed by atoms with E-state index >= 15 is 0 Å². The first kappa shape index (κ1) is 32.6. The van der Waals surface area contributed by atoms with Crippen molar-refractivity contribution in [2.45, 2.75) is 120 Å². The Morgan fingerprint density at radius 3 is 1.48 bits per heavy atom. The van der Waals surface area contributed by atoms with Crippen LogP contribution in [0.2, 0.25) is 2.07 Å². The summed E-state index contributed by atoms with van der Waals surface area (Å²) in [5.41, 5.74) is 0. The molecule has 0 aliphatic carbocycles. The molecule has 2 atom stereocenters. The van der Waals surface area contributed by atoms with Crippen molar-refractivity contribution in [3.63, 3.8) is 0 Å². The fourth-order valence-electron chi connectivity index (χ4n) is 2.96. The minimum atomic E-state index is -4.14. The van der Waals surface area contributed by atoms with E-state index in [1.54, 1.807) is 0 Å². The Hall–Kier alpha value is 1.46. The zero-order valence-electron chi connectivity index (χ0n) is 20.0. The molecule has 0 N–H and O–H groups in total. The number of hydrogen-bond acceptors (Lipinski definition) is 4. The van der Waals surface area contributed by atoms with Crippen molar-refractivity contribution in [3.8, 4) is 0 Å². The molecule has 0 aromatic carbocycles. The predicted molar refractivity (Wildman–Crippen MR) is 120 cm³/mol. The van der Waals surface area contributed by atoms with Gasteiger partial charge in [0.1, 0.15) is 0 Å². The molecule has 174 valence electrons. The van der Waals surface area contributed by atoms with Gasteiger partial charge >= 0.3 is 79.9 Å². The standard InChI is InChI=1S/C16H35O4P.C7H15.Nd/c1-5-9-11-15(7-3)13-19-21(17,18)20-14-16(8-4)12-10-6-2;1-3-5-7-6-4-2;/h15-16H,5-14H2,1-4H3,(H,17,18);1,3-7H2,2H3;/q;;+1/p-1. The second kappa shape index (κ2) is 24.1. The maximum atomic E-state index is 11.8. The fourth-order valence-corrected chi connectivity index (χ4v) is 4.62. The van der Waals surface area contributed by atoms with Gasteiger partial charge in [0, 0.05) is 0 Å². The van der Waals surface area contributed by atoms with Gasteiger partial charge in [0.25, 0.3) is 7.82 Å². The van der Waals surface area contributed by atoms with Gasteiger partial charge < -0.3 is 13.9 Å². The SMILES string of the molecule is CCCCC(CC)COP(=O)([O-])OCC(CC)CCCC.CCCCCC[CH2][Nd+]. The summed E-state index contributed by atoms with van der Waals surface area (Å²) in [5, 5.41) is 0. The summed E-state index contributed by atoms with van der Waals surface area (Å²) in [6.45, 7) is 11.2. The van der Waals surface area contributed by atoms with Crippen molar-refractivity contribution in [2.75, 3.05) is 13.2 Å². The summed E-state index contributed by atoms with van der Waals surface area (Å²) in [7, 11) is -4.14. The number of unbranched alkanes of at least 4 members (excludes halogenated alkanes) is 6. The first-order valence-corrected chi connectivity index (χ1v) is 15.9. The Balaban J connectivity index is 0. The van der Waals surface area contributed by atoms with E-state index in [9.17, 15) is 9.46 Å². The molecule has 0 aliphatic heterocycles. The van der Waals surface area contributed by atoms with Gasteiger partial charge in [0.2, 0.25) is 0 Å². The molecule has 0 amide bonds. The molecule has 29 heavy (non-hydrogen) atoms. The zero-order valence-corrected chi connectivity index (χ0v) is 24.2. The van der Waals surface area contributed by atoms with Gasteiger partial charge in [-0.3, -0.25) is 4.57 Å². The quantitative estimate of drug-likeness (QED) is 0.118. The molecule has 0 spiro atoms. The minimum absolute atomic E-state index is 0.253. The van der Waals surface area contributed by atoms with E-state index in [-0.39, 0.29) is 13.2 Å². The molecule has 0 saturated carbocycles. The van der Waals surface area contributed by atoms with Gasteiger partial charge in [-0.05, 0) is 24.7 Å². The predicted octanol–water partition coefficient (Wildman–Crippen LogP) is 7.85. The molecular formula is C23H49NdO4P. The van der Waals surface area contributed by atoms with Crippen molar-refractivity contribution in [2.24, 2.45) is 11.8 Å². The van der Waals surface area contributed by atoms with Crippen molar-refractivity contribution >= 4 is 7.82 Å². The van der Waals surface area contributed by atoms with Crippen LogP contribution < -0.4 is 4.89 Å². The Labute approximate surface area is 208 Å². The van der Waals surface area contributed by atoms with E-state index in [1.165, 1.54) is 72.9 Å². The molecule has 0 bridgehead atoms. The number of phosphoric acid groups is 1. The molecule has 0 saturated heterocycles. The van der Waals surface area contributed by atoms with E-state index < -0.39 is 7.82 Å². The normalized spacial score (nSPS) is 15.2. The monoisotopic (exact) mass is 562 g/mol. The molecule has 4 nitrogen and oxygen atoms in total. The number of rotatable bonds is 19. The second-order valence-electron chi connectivity index (χ2n) is 8.04. The van der Waals surface area contributed by atoms with Crippen LogP contribution in [0.15, 0.2) is 0 Å². The van der Waals surface area contributed by atoms with Crippen LogP contribution in [-0.4, -0.2) is 13.2 Å². The third-order valence-corrected chi connectivity index (χ3v) is 7.37. The second-order valence-corrected chi connectivity index (χ2v) is 11.1. The van der Waals surface area contributed by atoms with Gasteiger partial charge in [0.15, 0.2) is 0 Å².